The fraction of sp³-hybridized carbons (Fsp3) is 0.292. The van der Waals surface area contributed by atoms with Gasteiger partial charge in [0, 0.05) is 37.3 Å². The van der Waals surface area contributed by atoms with Gasteiger partial charge in [0.25, 0.3) is 5.91 Å². The highest BCUT2D eigenvalue weighted by Crippen LogP contribution is 2.33. The van der Waals surface area contributed by atoms with Crippen LogP contribution in [0.2, 0.25) is 0 Å². The summed E-state index contributed by atoms with van der Waals surface area (Å²) in [6.45, 7) is 4.26. The van der Waals surface area contributed by atoms with Gasteiger partial charge in [-0.15, -0.1) is 0 Å². The predicted molar refractivity (Wildman–Crippen MR) is 121 cm³/mol. The highest BCUT2D eigenvalue weighted by atomic mass is 16.2. The molecule has 0 saturated carbocycles. The zero-order valence-corrected chi connectivity index (χ0v) is 17.8. The molecule has 2 fully saturated rings. The molecule has 32 heavy (non-hydrogen) atoms. The Morgan fingerprint density at radius 2 is 1.88 bits per heavy atom. The summed E-state index contributed by atoms with van der Waals surface area (Å²) >= 11 is 0. The van der Waals surface area contributed by atoms with Crippen molar-refractivity contribution in [1.82, 2.24) is 29.9 Å². The molecule has 2 aliphatic heterocycles. The Balaban J connectivity index is 1.28. The van der Waals surface area contributed by atoms with Crippen LogP contribution in [0.1, 0.15) is 22.3 Å². The van der Waals surface area contributed by atoms with Gasteiger partial charge in [-0.1, -0.05) is 29.8 Å². The second kappa shape index (κ2) is 7.40. The number of aromatic nitrogens is 5. The minimum atomic E-state index is 0.0250. The number of carbonyl (C=O) groups excluding carboxylic acids is 1. The normalized spacial score (nSPS) is 20.2. The molecule has 0 N–H and O–H groups in total. The van der Waals surface area contributed by atoms with Crippen LogP contribution in [0, 0.1) is 12.8 Å². The number of hydrogen-bond donors (Lipinski definition) is 0. The van der Waals surface area contributed by atoms with Gasteiger partial charge in [0.2, 0.25) is 5.95 Å². The third-order valence-electron chi connectivity index (χ3n) is 6.45. The molecule has 0 radical (unpaired) electrons. The third-order valence-corrected chi connectivity index (χ3v) is 6.45. The molecular formula is C24H23N7O. The first-order valence-corrected chi connectivity index (χ1v) is 10.9. The molecule has 1 amide bonds. The summed E-state index contributed by atoms with van der Waals surface area (Å²) in [5.74, 6) is 1.18. The predicted octanol–water partition coefficient (Wildman–Crippen LogP) is 2.87. The SMILES string of the molecule is Cc1ccc(-n2nccn2)c(C(=O)N2C[C@H]3C[C@H](C2)N(c2ncc4ccccc4n2)C3)c1. The third kappa shape index (κ3) is 3.19. The van der Waals surface area contributed by atoms with Crippen molar-refractivity contribution in [3.63, 3.8) is 0 Å². The van der Waals surface area contributed by atoms with Crippen molar-refractivity contribution in [1.29, 1.82) is 0 Å². The van der Waals surface area contributed by atoms with Crippen LogP contribution in [0.3, 0.4) is 0 Å². The molecule has 2 aromatic carbocycles. The second-order valence-electron chi connectivity index (χ2n) is 8.69. The number of fused-ring (bicyclic) bond motifs is 3. The molecule has 0 aliphatic carbocycles. The molecule has 0 unspecified atom stereocenters. The molecule has 2 aromatic heterocycles. The van der Waals surface area contributed by atoms with E-state index in [1.165, 1.54) is 4.80 Å². The average molecular weight is 425 g/mol. The first-order valence-electron chi connectivity index (χ1n) is 10.9. The van der Waals surface area contributed by atoms with E-state index in [-0.39, 0.29) is 11.9 Å². The molecule has 8 nitrogen and oxygen atoms in total. The van der Waals surface area contributed by atoms with E-state index in [0.29, 0.717) is 23.7 Å². The van der Waals surface area contributed by atoms with Gasteiger partial charge in [-0.05, 0) is 37.5 Å². The minimum Gasteiger partial charge on any atom is -0.336 e. The Labute approximate surface area is 185 Å². The van der Waals surface area contributed by atoms with Gasteiger partial charge < -0.3 is 9.80 Å². The van der Waals surface area contributed by atoms with Gasteiger partial charge in [-0.25, -0.2) is 9.97 Å². The lowest BCUT2D eigenvalue weighted by Gasteiger charge is -2.33. The fourth-order valence-electron chi connectivity index (χ4n) is 4.98. The van der Waals surface area contributed by atoms with Gasteiger partial charge in [-0.3, -0.25) is 4.79 Å². The summed E-state index contributed by atoms with van der Waals surface area (Å²) in [6, 6.07) is 14.1. The van der Waals surface area contributed by atoms with Gasteiger partial charge >= 0.3 is 0 Å². The molecule has 8 heteroatoms. The van der Waals surface area contributed by atoms with Crippen molar-refractivity contribution in [2.75, 3.05) is 24.5 Å². The van der Waals surface area contributed by atoms with Crippen LogP contribution in [0.4, 0.5) is 5.95 Å². The summed E-state index contributed by atoms with van der Waals surface area (Å²) in [5.41, 5.74) is 3.33. The lowest BCUT2D eigenvalue weighted by atomic mass is 9.98. The number of hydrogen-bond acceptors (Lipinski definition) is 6. The molecule has 160 valence electrons. The Hall–Kier alpha value is -3.81. The number of amides is 1. The summed E-state index contributed by atoms with van der Waals surface area (Å²) < 4.78 is 0. The number of benzene rings is 2. The molecule has 2 atom stereocenters. The Morgan fingerprint density at radius 3 is 2.75 bits per heavy atom. The van der Waals surface area contributed by atoms with Crippen LogP contribution in [0.5, 0.6) is 0 Å². The molecule has 4 heterocycles. The topological polar surface area (TPSA) is 80.0 Å². The van der Waals surface area contributed by atoms with E-state index in [1.807, 2.05) is 60.5 Å². The number of para-hydroxylation sites is 1. The highest BCUT2D eigenvalue weighted by molar-refractivity contribution is 5.98. The zero-order valence-electron chi connectivity index (χ0n) is 17.8. The van der Waals surface area contributed by atoms with Gasteiger partial charge in [0.05, 0.1) is 29.2 Å². The van der Waals surface area contributed by atoms with Crippen molar-refractivity contribution in [3.05, 3.63) is 72.2 Å². The summed E-state index contributed by atoms with van der Waals surface area (Å²) in [5, 5.41) is 9.50. The number of anilines is 1. The first-order chi connectivity index (χ1) is 15.7. The Bertz CT molecular complexity index is 1300. The van der Waals surface area contributed by atoms with E-state index >= 15 is 0 Å². The van der Waals surface area contributed by atoms with Crippen LogP contribution in [-0.4, -0.2) is 61.4 Å². The molecule has 2 aliphatic rings. The minimum absolute atomic E-state index is 0.0250. The Kier molecular flexibility index (Phi) is 4.38. The number of likely N-dealkylation sites (tertiary alicyclic amines) is 1. The van der Waals surface area contributed by atoms with Crippen LogP contribution >= 0.6 is 0 Å². The smallest absolute Gasteiger partial charge is 0.256 e. The monoisotopic (exact) mass is 425 g/mol. The van der Waals surface area contributed by atoms with E-state index < -0.39 is 0 Å². The van der Waals surface area contributed by atoms with Crippen LogP contribution < -0.4 is 4.90 Å². The molecule has 6 rings (SSSR count). The van der Waals surface area contributed by atoms with Crippen LogP contribution in [0.15, 0.2) is 61.1 Å². The number of carbonyl (C=O) groups is 1. The van der Waals surface area contributed by atoms with E-state index in [4.69, 9.17) is 4.98 Å². The second-order valence-corrected chi connectivity index (χ2v) is 8.69. The summed E-state index contributed by atoms with van der Waals surface area (Å²) in [6.07, 6.45) is 6.19. The average Bonchev–Trinajstić information content (AvgIpc) is 3.46. The van der Waals surface area contributed by atoms with Gasteiger partial charge in [-0.2, -0.15) is 15.0 Å². The quantitative estimate of drug-likeness (QED) is 0.502. The lowest BCUT2D eigenvalue weighted by Crippen LogP contribution is -2.45. The van der Waals surface area contributed by atoms with Crippen LogP contribution in [-0.2, 0) is 0 Å². The van der Waals surface area contributed by atoms with E-state index in [1.54, 1.807) is 12.4 Å². The zero-order chi connectivity index (χ0) is 21.7. The summed E-state index contributed by atoms with van der Waals surface area (Å²) in [4.78, 5) is 28.8. The van der Waals surface area contributed by atoms with Gasteiger partial charge in [0.15, 0.2) is 0 Å². The van der Waals surface area contributed by atoms with E-state index in [9.17, 15) is 4.79 Å². The van der Waals surface area contributed by atoms with Crippen molar-refractivity contribution in [3.8, 4) is 5.69 Å². The van der Waals surface area contributed by atoms with Crippen molar-refractivity contribution < 1.29 is 4.79 Å². The lowest BCUT2D eigenvalue weighted by molar-refractivity contribution is 0.0693. The number of nitrogens with zero attached hydrogens (tertiary/aromatic N) is 7. The summed E-state index contributed by atoms with van der Waals surface area (Å²) in [7, 11) is 0. The molecular weight excluding hydrogens is 402 g/mol. The van der Waals surface area contributed by atoms with Gasteiger partial charge in [0.1, 0.15) is 0 Å². The fourth-order valence-corrected chi connectivity index (χ4v) is 4.98. The van der Waals surface area contributed by atoms with Crippen molar-refractivity contribution in [2.24, 2.45) is 5.92 Å². The van der Waals surface area contributed by atoms with Crippen molar-refractivity contribution >= 4 is 22.8 Å². The molecule has 2 saturated heterocycles. The van der Waals surface area contributed by atoms with E-state index in [0.717, 1.165) is 41.9 Å². The maximum Gasteiger partial charge on any atom is 0.256 e. The Morgan fingerprint density at radius 1 is 1.03 bits per heavy atom. The van der Waals surface area contributed by atoms with Crippen LogP contribution in [0.25, 0.3) is 16.6 Å². The molecule has 2 bridgehead atoms. The van der Waals surface area contributed by atoms with Crippen molar-refractivity contribution in [2.45, 2.75) is 19.4 Å². The maximum absolute atomic E-state index is 13.6. The standard InChI is InChI=1S/C24H23N7O/c1-16-6-7-22(31-26-8-9-27-31)20(10-16)23(32)29-13-17-11-19(15-29)30(14-17)24-25-12-18-4-2-3-5-21(18)28-24/h2-10,12,17,19H,11,13-15H2,1H3/t17-,19-/m1/s1. The number of rotatable bonds is 3. The van der Waals surface area contributed by atoms with E-state index in [2.05, 4.69) is 20.1 Å². The highest BCUT2D eigenvalue weighted by Gasteiger charge is 2.41. The molecule has 0 spiro atoms. The maximum atomic E-state index is 13.6. The first kappa shape index (κ1) is 18.9. The molecule has 4 aromatic rings. The largest absolute Gasteiger partial charge is 0.336 e. The number of piperidine rings is 1. The number of aryl methyl sites for hydroxylation is 1.